The molecule has 0 saturated carbocycles. The summed E-state index contributed by atoms with van der Waals surface area (Å²) >= 11 is 0. The molecule has 0 aliphatic heterocycles. The van der Waals surface area contributed by atoms with Crippen LogP contribution in [0.15, 0.2) is 6.07 Å². The van der Waals surface area contributed by atoms with Gasteiger partial charge < -0.3 is 4.74 Å². The molecular formula is C11H16N2O2. The maximum atomic E-state index is 11.3. The largest absolute Gasteiger partial charge is 0.464 e. The van der Waals surface area contributed by atoms with Gasteiger partial charge in [-0.05, 0) is 25.3 Å². The lowest BCUT2D eigenvalue weighted by molar-refractivity contribution is 0.0593. The van der Waals surface area contributed by atoms with Crippen molar-refractivity contribution in [3.05, 3.63) is 23.3 Å². The fourth-order valence-electron chi connectivity index (χ4n) is 1.26. The van der Waals surface area contributed by atoms with E-state index in [1.54, 1.807) is 13.0 Å². The standard InChI is InChI=1S/C11H16N2O2/c1-5-7(2)9-6-10(11(14)15-4)13-8(3)12-9/h6-7H,5H2,1-4H3. The van der Waals surface area contributed by atoms with Crippen LogP contribution in [0.4, 0.5) is 0 Å². The van der Waals surface area contributed by atoms with E-state index >= 15 is 0 Å². The third-order valence-corrected chi connectivity index (χ3v) is 2.37. The number of methoxy groups -OCH3 is 1. The fraction of sp³-hybridized carbons (Fsp3) is 0.545. The van der Waals surface area contributed by atoms with Gasteiger partial charge in [-0.1, -0.05) is 13.8 Å². The van der Waals surface area contributed by atoms with Crippen molar-refractivity contribution in [1.82, 2.24) is 9.97 Å². The van der Waals surface area contributed by atoms with Crippen LogP contribution in [0, 0.1) is 6.92 Å². The number of rotatable bonds is 3. The van der Waals surface area contributed by atoms with Crippen molar-refractivity contribution in [3.63, 3.8) is 0 Å². The van der Waals surface area contributed by atoms with Crippen LogP contribution in [0.3, 0.4) is 0 Å². The molecule has 0 amide bonds. The SMILES string of the molecule is CCC(C)c1cc(C(=O)OC)nc(C)n1. The van der Waals surface area contributed by atoms with Crippen molar-refractivity contribution in [2.45, 2.75) is 33.1 Å². The van der Waals surface area contributed by atoms with E-state index in [4.69, 9.17) is 0 Å². The predicted molar refractivity (Wildman–Crippen MR) is 56.8 cm³/mol. The van der Waals surface area contributed by atoms with E-state index in [2.05, 4.69) is 28.6 Å². The molecule has 0 radical (unpaired) electrons. The molecule has 1 unspecified atom stereocenters. The van der Waals surface area contributed by atoms with Crippen LogP contribution in [0.1, 0.15) is 48.2 Å². The molecule has 0 fully saturated rings. The van der Waals surface area contributed by atoms with E-state index in [0.29, 0.717) is 17.4 Å². The summed E-state index contributed by atoms with van der Waals surface area (Å²) < 4.78 is 4.63. The number of ether oxygens (including phenoxy) is 1. The molecule has 0 aliphatic carbocycles. The number of carbonyl (C=O) groups is 1. The number of hydrogen-bond acceptors (Lipinski definition) is 4. The van der Waals surface area contributed by atoms with Gasteiger partial charge in [-0.3, -0.25) is 0 Å². The van der Waals surface area contributed by atoms with Crippen molar-refractivity contribution >= 4 is 5.97 Å². The first kappa shape index (κ1) is 11.6. The van der Waals surface area contributed by atoms with Crippen molar-refractivity contribution in [3.8, 4) is 0 Å². The van der Waals surface area contributed by atoms with E-state index in [1.807, 2.05) is 0 Å². The van der Waals surface area contributed by atoms with Crippen LogP contribution in [0.2, 0.25) is 0 Å². The molecule has 82 valence electrons. The lowest BCUT2D eigenvalue weighted by Crippen LogP contribution is -2.09. The molecule has 1 rings (SSSR count). The number of esters is 1. The van der Waals surface area contributed by atoms with Crippen LogP contribution in [0.5, 0.6) is 0 Å². The highest BCUT2D eigenvalue weighted by molar-refractivity contribution is 5.87. The van der Waals surface area contributed by atoms with Gasteiger partial charge in [0.2, 0.25) is 0 Å². The average molecular weight is 208 g/mol. The minimum Gasteiger partial charge on any atom is -0.464 e. The number of aryl methyl sites for hydroxylation is 1. The Labute approximate surface area is 89.7 Å². The number of carbonyl (C=O) groups excluding carboxylic acids is 1. The van der Waals surface area contributed by atoms with E-state index in [0.717, 1.165) is 12.1 Å². The Morgan fingerprint density at radius 2 is 2.20 bits per heavy atom. The molecule has 0 aliphatic rings. The van der Waals surface area contributed by atoms with Crippen molar-refractivity contribution in [2.75, 3.05) is 7.11 Å². The van der Waals surface area contributed by atoms with E-state index in [-0.39, 0.29) is 0 Å². The highest BCUT2D eigenvalue weighted by Gasteiger charge is 2.13. The van der Waals surface area contributed by atoms with Gasteiger partial charge in [0.05, 0.1) is 7.11 Å². The highest BCUT2D eigenvalue weighted by atomic mass is 16.5. The Morgan fingerprint density at radius 3 is 2.73 bits per heavy atom. The molecule has 0 aromatic carbocycles. The normalized spacial score (nSPS) is 12.3. The molecule has 1 heterocycles. The van der Waals surface area contributed by atoms with Gasteiger partial charge in [0, 0.05) is 5.69 Å². The summed E-state index contributed by atoms with van der Waals surface area (Å²) in [6.45, 7) is 5.93. The minimum absolute atomic E-state index is 0.329. The monoisotopic (exact) mass is 208 g/mol. The first-order chi connectivity index (χ1) is 7.08. The molecule has 0 bridgehead atoms. The zero-order chi connectivity index (χ0) is 11.4. The molecule has 0 spiro atoms. The topological polar surface area (TPSA) is 52.1 Å². The maximum Gasteiger partial charge on any atom is 0.356 e. The summed E-state index contributed by atoms with van der Waals surface area (Å²) in [5.74, 6) is 0.522. The third-order valence-electron chi connectivity index (χ3n) is 2.37. The Morgan fingerprint density at radius 1 is 1.53 bits per heavy atom. The van der Waals surface area contributed by atoms with Gasteiger partial charge >= 0.3 is 5.97 Å². The van der Waals surface area contributed by atoms with Crippen molar-refractivity contribution < 1.29 is 9.53 Å². The zero-order valence-electron chi connectivity index (χ0n) is 9.57. The second-order valence-corrected chi connectivity index (χ2v) is 3.53. The smallest absolute Gasteiger partial charge is 0.356 e. The third kappa shape index (κ3) is 2.75. The Kier molecular flexibility index (Phi) is 3.77. The lowest BCUT2D eigenvalue weighted by atomic mass is 10.0. The van der Waals surface area contributed by atoms with Gasteiger partial charge in [-0.25, -0.2) is 14.8 Å². The quantitative estimate of drug-likeness (QED) is 0.714. The fourth-order valence-corrected chi connectivity index (χ4v) is 1.26. The van der Waals surface area contributed by atoms with Gasteiger partial charge in [-0.2, -0.15) is 0 Å². The summed E-state index contributed by atoms with van der Waals surface area (Å²) in [5, 5.41) is 0. The maximum absolute atomic E-state index is 11.3. The number of aromatic nitrogens is 2. The first-order valence-electron chi connectivity index (χ1n) is 5.02. The Hall–Kier alpha value is -1.45. The summed E-state index contributed by atoms with van der Waals surface area (Å²) in [6.07, 6.45) is 0.983. The van der Waals surface area contributed by atoms with E-state index < -0.39 is 5.97 Å². The summed E-state index contributed by atoms with van der Waals surface area (Å²) in [4.78, 5) is 19.7. The molecule has 1 aromatic heterocycles. The molecular weight excluding hydrogens is 192 g/mol. The average Bonchev–Trinajstić information content (AvgIpc) is 2.26. The van der Waals surface area contributed by atoms with Gasteiger partial charge in [0.25, 0.3) is 0 Å². The van der Waals surface area contributed by atoms with Gasteiger partial charge in [0.1, 0.15) is 5.82 Å². The van der Waals surface area contributed by atoms with Crippen LogP contribution < -0.4 is 0 Å². The predicted octanol–water partition coefficient (Wildman–Crippen LogP) is 2.09. The van der Waals surface area contributed by atoms with Gasteiger partial charge in [-0.15, -0.1) is 0 Å². The van der Waals surface area contributed by atoms with Crippen LogP contribution in [-0.2, 0) is 4.74 Å². The molecule has 0 saturated heterocycles. The van der Waals surface area contributed by atoms with Crippen LogP contribution in [-0.4, -0.2) is 23.0 Å². The second kappa shape index (κ2) is 4.87. The zero-order valence-corrected chi connectivity index (χ0v) is 9.57. The number of nitrogens with zero attached hydrogens (tertiary/aromatic N) is 2. The summed E-state index contributed by atoms with van der Waals surface area (Å²) in [6, 6.07) is 1.70. The van der Waals surface area contributed by atoms with Crippen molar-refractivity contribution in [1.29, 1.82) is 0 Å². The summed E-state index contributed by atoms with van der Waals surface area (Å²) in [7, 11) is 1.35. The Balaban J connectivity index is 3.10. The lowest BCUT2D eigenvalue weighted by Gasteiger charge is -2.09. The number of hydrogen-bond donors (Lipinski definition) is 0. The summed E-state index contributed by atoms with van der Waals surface area (Å²) in [5.41, 5.74) is 1.23. The molecule has 4 nitrogen and oxygen atoms in total. The highest BCUT2D eigenvalue weighted by Crippen LogP contribution is 2.17. The minimum atomic E-state index is -0.412. The first-order valence-corrected chi connectivity index (χ1v) is 5.02. The van der Waals surface area contributed by atoms with E-state index in [9.17, 15) is 4.79 Å². The molecule has 1 atom stereocenters. The van der Waals surface area contributed by atoms with E-state index in [1.165, 1.54) is 7.11 Å². The molecule has 4 heteroatoms. The van der Waals surface area contributed by atoms with Crippen LogP contribution in [0.25, 0.3) is 0 Å². The van der Waals surface area contributed by atoms with Crippen LogP contribution >= 0.6 is 0 Å². The molecule has 15 heavy (non-hydrogen) atoms. The Bertz CT molecular complexity index is 364. The molecule has 0 N–H and O–H groups in total. The second-order valence-electron chi connectivity index (χ2n) is 3.53. The van der Waals surface area contributed by atoms with Gasteiger partial charge in [0.15, 0.2) is 5.69 Å². The van der Waals surface area contributed by atoms with Crippen molar-refractivity contribution in [2.24, 2.45) is 0 Å². The molecule has 1 aromatic rings.